The monoisotopic (exact) mass is 375 g/mol. The van der Waals surface area contributed by atoms with E-state index in [2.05, 4.69) is 0 Å². The molecule has 0 bridgehead atoms. The average Bonchev–Trinajstić information content (AvgIpc) is 2.95. The lowest BCUT2D eigenvalue weighted by molar-refractivity contribution is -0.130. The number of halogens is 1. The standard InChI is InChI=1S/C23H18ClNO2/c24-19-13-11-18(12-14-19)21-20(17-9-5-2-6-10-17)22(26)23(27)25(21)15-16-7-3-1-4-8-16/h1-14,21,26H,15H2/t21-/m1/s1. The van der Waals surface area contributed by atoms with Crippen molar-refractivity contribution in [2.45, 2.75) is 12.6 Å². The second-order valence-corrected chi connectivity index (χ2v) is 6.94. The molecule has 0 aliphatic carbocycles. The molecule has 4 heteroatoms. The van der Waals surface area contributed by atoms with Crippen molar-refractivity contribution >= 4 is 23.1 Å². The largest absolute Gasteiger partial charge is 0.503 e. The molecule has 0 fully saturated rings. The number of benzene rings is 3. The Labute approximate surface area is 163 Å². The number of aliphatic hydroxyl groups excluding tert-OH is 1. The van der Waals surface area contributed by atoms with Crippen molar-refractivity contribution in [2.75, 3.05) is 0 Å². The molecule has 3 aromatic rings. The zero-order valence-electron chi connectivity index (χ0n) is 14.5. The topological polar surface area (TPSA) is 40.5 Å². The second kappa shape index (κ2) is 7.29. The van der Waals surface area contributed by atoms with Gasteiger partial charge in [0.2, 0.25) is 0 Å². The third kappa shape index (κ3) is 3.34. The van der Waals surface area contributed by atoms with Crippen LogP contribution in [0.5, 0.6) is 0 Å². The van der Waals surface area contributed by atoms with Gasteiger partial charge in [-0.05, 0) is 28.8 Å². The molecular weight excluding hydrogens is 358 g/mol. The van der Waals surface area contributed by atoms with E-state index in [1.54, 1.807) is 17.0 Å². The van der Waals surface area contributed by atoms with Gasteiger partial charge in [0.05, 0.1) is 6.04 Å². The molecule has 1 amide bonds. The number of rotatable bonds is 4. The molecular formula is C23H18ClNO2. The number of carbonyl (C=O) groups excluding carboxylic acids is 1. The number of carbonyl (C=O) groups is 1. The fourth-order valence-electron chi connectivity index (χ4n) is 3.50. The first-order valence-electron chi connectivity index (χ1n) is 8.74. The molecule has 134 valence electrons. The smallest absolute Gasteiger partial charge is 0.290 e. The second-order valence-electron chi connectivity index (χ2n) is 6.50. The Balaban J connectivity index is 1.81. The van der Waals surface area contributed by atoms with Crippen LogP contribution in [0.1, 0.15) is 22.7 Å². The Hall–Kier alpha value is -3.04. The number of hydrogen-bond acceptors (Lipinski definition) is 2. The van der Waals surface area contributed by atoms with Gasteiger partial charge in [0.15, 0.2) is 5.76 Å². The molecule has 4 rings (SSSR count). The van der Waals surface area contributed by atoms with Gasteiger partial charge in [0.25, 0.3) is 5.91 Å². The Kier molecular flexibility index (Phi) is 4.69. The fraction of sp³-hybridized carbons (Fsp3) is 0.0870. The van der Waals surface area contributed by atoms with E-state index in [0.29, 0.717) is 17.1 Å². The zero-order chi connectivity index (χ0) is 18.8. The summed E-state index contributed by atoms with van der Waals surface area (Å²) >= 11 is 6.05. The van der Waals surface area contributed by atoms with E-state index in [0.717, 1.165) is 16.7 Å². The Bertz CT molecular complexity index is 982. The van der Waals surface area contributed by atoms with Crippen LogP contribution in [0, 0.1) is 0 Å². The molecule has 0 saturated carbocycles. The third-order valence-corrected chi connectivity index (χ3v) is 5.02. The van der Waals surface area contributed by atoms with Gasteiger partial charge in [0, 0.05) is 17.1 Å². The van der Waals surface area contributed by atoms with Crippen molar-refractivity contribution in [3.63, 3.8) is 0 Å². The number of hydrogen-bond donors (Lipinski definition) is 1. The van der Waals surface area contributed by atoms with Gasteiger partial charge in [-0.3, -0.25) is 4.79 Å². The molecule has 1 heterocycles. The predicted molar refractivity (Wildman–Crippen MR) is 107 cm³/mol. The van der Waals surface area contributed by atoms with Gasteiger partial charge in [-0.2, -0.15) is 0 Å². The summed E-state index contributed by atoms with van der Waals surface area (Å²) in [4.78, 5) is 14.6. The van der Waals surface area contributed by atoms with Crippen molar-refractivity contribution in [2.24, 2.45) is 0 Å². The van der Waals surface area contributed by atoms with Crippen LogP contribution in [0.25, 0.3) is 5.57 Å². The molecule has 0 saturated heterocycles. The summed E-state index contributed by atoms with van der Waals surface area (Å²) in [5.74, 6) is -0.560. The summed E-state index contributed by atoms with van der Waals surface area (Å²) in [6.45, 7) is 0.410. The van der Waals surface area contributed by atoms with Crippen molar-refractivity contribution < 1.29 is 9.90 Å². The van der Waals surface area contributed by atoms with Crippen LogP contribution < -0.4 is 0 Å². The maximum atomic E-state index is 12.9. The minimum absolute atomic E-state index is 0.197. The van der Waals surface area contributed by atoms with Crippen molar-refractivity contribution in [1.82, 2.24) is 4.90 Å². The highest BCUT2D eigenvalue weighted by atomic mass is 35.5. The van der Waals surface area contributed by atoms with Crippen molar-refractivity contribution in [1.29, 1.82) is 0 Å². The molecule has 1 atom stereocenters. The summed E-state index contributed by atoms with van der Waals surface area (Å²) in [7, 11) is 0. The van der Waals surface area contributed by atoms with Gasteiger partial charge < -0.3 is 10.0 Å². The first-order chi connectivity index (χ1) is 13.1. The van der Waals surface area contributed by atoms with Gasteiger partial charge in [-0.1, -0.05) is 84.4 Å². The first kappa shape index (κ1) is 17.4. The summed E-state index contributed by atoms with van der Waals surface area (Å²) in [5.41, 5.74) is 3.37. The summed E-state index contributed by atoms with van der Waals surface area (Å²) < 4.78 is 0. The normalized spacial score (nSPS) is 16.9. The Morgan fingerprint density at radius 1 is 0.852 bits per heavy atom. The minimum atomic E-state index is -0.377. The summed E-state index contributed by atoms with van der Waals surface area (Å²) in [6, 6.07) is 26.4. The van der Waals surface area contributed by atoms with Crippen LogP contribution in [-0.4, -0.2) is 15.9 Å². The van der Waals surface area contributed by atoms with Crippen LogP contribution in [-0.2, 0) is 11.3 Å². The molecule has 1 aliphatic heterocycles. The summed E-state index contributed by atoms with van der Waals surface area (Å²) in [5, 5.41) is 11.3. The van der Waals surface area contributed by atoms with Gasteiger partial charge in [-0.25, -0.2) is 0 Å². The van der Waals surface area contributed by atoms with Crippen LogP contribution in [0.2, 0.25) is 5.02 Å². The maximum Gasteiger partial charge on any atom is 0.290 e. The predicted octanol–water partition coefficient (Wildman–Crippen LogP) is 5.39. The average molecular weight is 376 g/mol. The molecule has 27 heavy (non-hydrogen) atoms. The van der Waals surface area contributed by atoms with Gasteiger partial charge in [0.1, 0.15) is 0 Å². The van der Waals surface area contributed by atoms with E-state index in [1.807, 2.05) is 72.8 Å². The maximum absolute atomic E-state index is 12.9. The zero-order valence-corrected chi connectivity index (χ0v) is 15.3. The lowest BCUT2D eigenvalue weighted by Crippen LogP contribution is -2.29. The van der Waals surface area contributed by atoms with E-state index < -0.39 is 0 Å². The van der Waals surface area contributed by atoms with Crippen LogP contribution in [0.4, 0.5) is 0 Å². The first-order valence-corrected chi connectivity index (χ1v) is 9.12. The van der Waals surface area contributed by atoms with Crippen LogP contribution in [0.3, 0.4) is 0 Å². The fourth-order valence-corrected chi connectivity index (χ4v) is 3.63. The van der Waals surface area contributed by atoms with Crippen molar-refractivity contribution in [3.8, 4) is 0 Å². The third-order valence-electron chi connectivity index (χ3n) is 4.77. The van der Waals surface area contributed by atoms with E-state index in [-0.39, 0.29) is 17.7 Å². The van der Waals surface area contributed by atoms with E-state index >= 15 is 0 Å². The van der Waals surface area contributed by atoms with E-state index in [4.69, 9.17) is 11.6 Å². The van der Waals surface area contributed by atoms with E-state index in [1.165, 1.54) is 0 Å². The molecule has 3 aromatic carbocycles. The van der Waals surface area contributed by atoms with Crippen LogP contribution in [0.15, 0.2) is 90.7 Å². The highest BCUT2D eigenvalue weighted by Gasteiger charge is 2.40. The molecule has 1 N–H and O–H groups in total. The SMILES string of the molecule is O=C1C(O)=C(c2ccccc2)[C@@H](c2ccc(Cl)cc2)N1Cc1ccccc1. The molecule has 1 aliphatic rings. The minimum Gasteiger partial charge on any atom is -0.503 e. The molecule has 0 aromatic heterocycles. The highest BCUT2D eigenvalue weighted by Crippen LogP contribution is 2.43. The number of amides is 1. The quantitative estimate of drug-likeness (QED) is 0.663. The van der Waals surface area contributed by atoms with Gasteiger partial charge >= 0.3 is 0 Å². The van der Waals surface area contributed by atoms with Crippen molar-refractivity contribution in [3.05, 3.63) is 112 Å². The highest BCUT2D eigenvalue weighted by molar-refractivity contribution is 6.30. The lowest BCUT2D eigenvalue weighted by Gasteiger charge is -2.27. The molecule has 3 nitrogen and oxygen atoms in total. The summed E-state index contributed by atoms with van der Waals surface area (Å²) in [6.07, 6.45) is 0. The van der Waals surface area contributed by atoms with E-state index in [9.17, 15) is 9.90 Å². The lowest BCUT2D eigenvalue weighted by atomic mass is 9.93. The van der Waals surface area contributed by atoms with Gasteiger partial charge in [-0.15, -0.1) is 0 Å². The Morgan fingerprint density at radius 2 is 1.44 bits per heavy atom. The number of nitrogens with zero attached hydrogens (tertiary/aromatic N) is 1. The number of aliphatic hydroxyl groups is 1. The molecule has 0 unspecified atom stereocenters. The molecule has 0 spiro atoms. The Morgan fingerprint density at radius 3 is 2.07 bits per heavy atom. The van der Waals surface area contributed by atoms with Crippen LogP contribution >= 0.6 is 11.6 Å². The molecule has 0 radical (unpaired) electrons.